The number of pyridine rings is 1. The first-order chi connectivity index (χ1) is 15.1. The number of aliphatic carboxylic acids is 1. The molecule has 0 saturated carbocycles. The monoisotopic (exact) mass is 454 g/mol. The summed E-state index contributed by atoms with van der Waals surface area (Å²) in [5.41, 5.74) is 2.29. The zero-order valence-electron chi connectivity index (χ0n) is 18.2. The molecule has 32 heavy (non-hydrogen) atoms. The second-order valence-corrected chi connectivity index (χ2v) is 10.2. The smallest absolute Gasteiger partial charge is 0.341 e. The maximum atomic E-state index is 13.5. The minimum Gasteiger partial charge on any atom is -0.482 e. The Morgan fingerprint density at radius 2 is 1.78 bits per heavy atom. The van der Waals surface area contributed by atoms with Crippen LogP contribution in [0.3, 0.4) is 0 Å². The van der Waals surface area contributed by atoms with Gasteiger partial charge in [0.05, 0.1) is 12.2 Å². The normalized spacial score (nSPS) is 11.7. The molecule has 0 saturated heterocycles. The van der Waals surface area contributed by atoms with Crippen molar-refractivity contribution >= 4 is 21.7 Å². The number of anilines is 1. The van der Waals surface area contributed by atoms with Crippen LogP contribution in [0.25, 0.3) is 0 Å². The Balaban J connectivity index is 2.01. The molecule has 7 nitrogen and oxygen atoms in total. The Morgan fingerprint density at radius 1 is 1.06 bits per heavy atom. The second kappa shape index (κ2) is 9.40. The molecule has 0 aliphatic rings. The molecule has 1 aromatic heterocycles. The minimum absolute atomic E-state index is 0.0180. The number of benzene rings is 2. The SMILES string of the molecule is CC(C)(C)c1ccc(CN(c2cccc(OCC(=O)O)c2)S(=O)(=O)c2cccnc2)cc1. The van der Waals surface area contributed by atoms with Crippen LogP contribution in [0.2, 0.25) is 0 Å². The summed E-state index contributed by atoms with van der Waals surface area (Å²) in [4.78, 5) is 14.8. The molecular formula is C24H26N2O5S. The summed E-state index contributed by atoms with van der Waals surface area (Å²) < 4.78 is 33.5. The number of carbonyl (C=O) groups is 1. The summed E-state index contributed by atoms with van der Waals surface area (Å²) in [6, 6.07) is 17.2. The molecule has 0 spiro atoms. The molecule has 8 heteroatoms. The molecule has 1 N–H and O–H groups in total. The summed E-state index contributed by atoms with van der Waals surface area (Å²) >= 11 is 0. The molecule has 0 radical (unpaired) electrons. The molecule has 2 aromatic carbocycles. The van der Waals surface area contributed by atoms with Crippen molar-refractivity contribution in [3.63, 3.8) is 0 Å². The van der Waals surface area contributed by atoms with E-state index in [1.54, 1.807) is 24.3 Å². The van der Waals surface area contributed by atoms with Crippen LogP contribution in [0.5, 0.6) is 5.75 Å². The van der Waals surface area contributed by atoms with Crippen LogP contribution in [0.1, 0.15) is 31.9 Å². The van der Waals surface area contributed by atoms with E-state index in [1.807, 2.05) is 24.3 Å². The third-order valence-electron chi connectivity index (χ3n) is 4.84. The van der Waals surface area contributed by atoms with Crippen LogP contribution < -0.4 is 9.04 Å². The van der Waals surface area contributed by atoms with Crippen molar-refractivity contribution in [1.29, 1.82) is 0 Å². The topological polar surface area (TPSA) is 96.8 Å². The van der Waals surface area contributed by atoms with Crippen LogP contribution in [0, 0.1) is 0 Å². The van der Waals surface area contributed by atoms with Gasteiger partial charge in [0.2, 0.25) is 0 Å². The fraction of sp³-hybridized carbons (Fsp3) is 0.250. The molecule has 0 atom stereocenters. The standard InChI is InChI=1S/C24H26N2O5S/c1-24(2,3)19-11-9-18(10-12-19)16-26(32(29,30)22-8-5-13-25-15-22)20-6-4-7-21(14-20)31-17-23(27)28/h4-15H,16-17H2,1-3H3,(H,27,28). The fourth-order valence-corrected chi connectivity index (χ4v) is 4.50. The molecule has 0 bridgehead atoms. The molecule has 0 fully saturated rings. The van der Waals surface area contributed by atoms with E-state index in [-0.39, 0.29) is 22.6 Å². The zero-order valence-corrected chi connectivity index (χ0v) is 19.0. The van der Waals surface area contributed by atoms with Crippen molar-refractivity contribution in [3.05, 3.63) is 84.2 Å². The highest BCUT2D eigenvalue weighted by molar-refractivity contribution is 7.92. The molecule has 3 aromatic rings. The fourth-order valence-electron chi connectivity index (χ4n) is 3.09. The molecule has 0 aliphatic carbocycles. The van der Waals surface area contributed by atoms with Crippen molar-refractivity contribution in [2.75, 3.05) is 10.9 Å². The summed E-state index contributed by atoms with van der Waals surface area (Å²) in [7, 11) is -3.94. The molecule has 1 heterocycles. The van der Waals surface area contributed by atoms with E-state index in [2.05, 4.69) is 25.8 Å². The Morgan fingerprint density at radius 3 is 2.38 bits per heavy atom. The third kappa shape index (κ3) is 5.64. The van der Waals surface area contributed by atoms with Gasteiger partial charge in [-0.15, -0.1) is 0 Å². The molecule has 3 rings (SSSR count). The molecule has 0 unspecified atom stereocenters. The van der Waals surface area contributed by atoms with Crippen LogP contribution in [0.15, 0.2) is 78.0 Å². The lowest BCUT2D eigenvalue weighted by atomic mass is 9.87. The number of carboxylic acid groups (broad SMARTS) is 1. The van der Waals surface area contributed by atoms with Gasteiger partial charge in [0.1, 0.15) is 10.6 Å². The predicted molar refractivity (Wildman–Crippen MR) is 122 cm³/mol. The van der Waals surface area contributed by atoms with E-state index in [0.717, 1.165) is 11.1 Å². The zero-order chi connectivity index (χ0) is 23.4. The van der Waals surface area contributed by atoms with E-state index in [9.17, 15) is 13.2 Å². The summed E-state index contributed by atoms with van der Waals surface area (Å²) in [5, 5.41) is 8.87. The summed E-state index contributed by atoms with van der Waals surface area (Å²) in [6.07, 6.45) is 2.81. The van der Waals surface area contributed by atoms with Gasteiger partial charge in [0.15, 0.2) is 6.61 Å². The van der Waals surface area contributed by atoms with Gasteiger partial charge in [-0.3, -0.25) is 9.29 Å². The Labute approximate surface area is 188 Å². The van der Waals surface area contributed by atoms with Gasteiger partial charge < -0.3 is 9.84 Å². The van der Waals surface area contributed by atoms with E-state index >= 15 is 0 Å². The van der Waals surface area contributed by atoms with Gasteiger partial charge in [0, 0.05) is 18.5 Å². The number of hydrogen-bond acceptors (Lipinski definition) is 5. The van der Waals surface area contributed by atoms with Crippen LogP contribution in [0.4, 0.5) is 5.69 Å². The number of rotatable bonds is 8. The molecule has 168 valence electrons. The Bertz CT molecular complexity index is 1170. The van der Waals surface area contributed by atoms with Crippen molar-refractivity contribution in [2.45, 2.75) is 37.6 Å². The number of carboxylic acids is 1. The lowest BCUT2D eigenvalue weighted by Gasteiger charge is -2.25. The van der Waals surface area contributed by atoms with Crippen LogP contribution in [-0.2, 0) is 26.8 Å². The average Bonchev–Trinajstić information content (AvgIpc) is 2.76. The van der Waals surface area contributed by atoms with Gasteiger partial charge in [-0.2, -0.15) is 0 Å². The van der Waals surface area contributed by atoms with Crippen LogP contribution in [-0.4, -0.2) is 31.1 Å². The van der Waals surface area contributed by atoms with Crippen molar-refractivity contribution in [2.24, 2.45) is 0 Å². The lowest BCUT2D eigenvalue weighted by molar-refractivity contribution is -0.139. The van der Waals surface area contributed by atoms with E-state index < -0.39 is 22.6 Å². The maximum Gasteiger partial charge on any atom is 0.341 e. The molecule has 0 aliphatic heterocycles. The predicted octanol–water partition coefficient (Wildman–Crippen LogP) is 4.24. The van der Waals surface area contributed by atoms with Crippen molar-refractivity contribution in [3.8, 4) is 5.75 Å². The third-order valence-corrected chi connectivity index (χ3v) is 6.59. The first kappa shape index (κ1) is 23.3. The quantitative estimate of drug-likeness (QED) is 0.547. The first-order valence-electron chi connectivity index (χ1n) is 10.0. The van der Waals surface area contributed by atoms with Crippen molar-refractivity contribution < 1.29 is 23.1 Å². The number of nitrogens with zero attached hydrogens (tertiary/aromatic N) is 2. The highest BCUT2D eigenvalue weighted by atomic mass is 32.2. The van der Waals surface area contributed by atoms with Crippen molar-refractivity contribution in [1.82, 2.24) is 4.98 Å². The molecule has 0 amide bonds. The number of ether oxygens (including phenoxy) is 1. The van der Waals surface area contributed by atoms with E-state index in [0.29, 0.717) is 5.69 Å². The summed E-state index contributed by atoms with van der Waals surface area (Å²) in [5.74, 6) is -0.853. The summed E-state index contributed by atoms with van der Waals surface area (Å²) in [6.45, 7) is 5.91. The average molecular weight is 455 g/mol. The van der Waals surface area contributed by atoms with Gasteiger partial charge in [-0.25, -0.2) is 13.2 Å². The van der Waals surface area contributed by atoms with Gasteiger partial charge in [-0.1, -0.05) is 51.1 Å². The lowest BCUT2D eigenvalue weighted by Crippen LogP contribution is -2.30. The second-order valence-electron chi connectivity index (χ2n) is 8.33. The molecular weight excluding hydrogens is 428 g/mol. The number of sulfonamides is 1. The first-order valence-corrected chi connectivity index (χ1v) is 11.5. The van der Waals surface area contributed by atoms with Gasteiger partial charge in [0.25, 0.3) is 10.0 Å². The Hall–Kier alpha value is -3.39. The highest BCUT2D eigenvalue weighted by Gasteiger charge is 2.26. The van der Waals surface area contributed by atoms with Gasteiger partial charge >= 0.3 is 5.97 Å². The maximum absolute atomic E-state index is 13.5. The largest absolute Gasteiger partial charge is 0.482 e. The number of aromatic nitrogens is 1. The van der Waals surface area contributed by atoms with Gasteiger partial charge in [-0.05, 0) is 40.8 Å². The Kier molecular flexibility index (Phi) is 6.84. The minimum atomic E-state index is -3.94. The van der Waals surface area contributed by atoms with E-state index in [1.165, 1.54) is 28.8 Å². The highest BCUT2D eigenvalue weighted by Crippen LogP contribution is 2.29. The van der Waals surface area contributed by atoms with Crippen LogP contribution >= 0.6 is 0 Å². The number of hydrogen-bond donors (Lipinski definition) is 1. The van der Waals surface area contributed by atoms with E-state index in [4.69, 9.17) is 9.84 Å².